The number of thioether (sulfide) groups is 1. The van der Waals surface area contributed by atoms with Crippen LogP contribution in [0.25, 0.3) is 4.96 Å². The molecule has 0 aliphatic rings. The van der Waals surface area contributed by atoms with Crippen LogP contribution < -0.4 is 10.9 Å². The highest BCUT2D eigenvalue weighted by Gasteiger charge is 2.09. The highest BCUT2D eigenvalue weighted by Crippen LogP contribution is 2.15. The topological polar surface area (TPSA) is 76.4 Å². The van der Waals surface area contributed by atoms with Crippen LogP contribution in [0, 0.1) is 5.82 Å². The van der Waals surface area contributed by atoms with Gasteiger partial charge in [-0.15, -0.1) is 11.8 Å². The summed E-state index contributed by atoms with van der Waals surface area (Å²) in [6, 6.07) is 7.02. The summed E-state index contributed by atoms with van der Waals surface area (Å²) in [5.41, 5.74) is 0.949. The molecule has 1 amide bonds. The third kappa shape index (κ3) is 4.43. The van der Waals surface area contributed by atoms with Crippen LogP contribution in [0.5, 0.6) is 0 Å². The average molecular weight is 378 g/mol. The summed E-state index contributed by atoms with van der Waals surface area (Å²) in [5, 5.41) is 7.74. The minimum absolute atomic E-state index is 0.194. The van der Waals surface area contributed by atoms with E-state index < -0.39 is 0 Å². The van der Waals surface area contributed by atoms with E-state index in [4.69, 9.17) is 0 Å². The normalized spacial score (nSPS) is 11.0. The second kappa shape index (κ2) is 7.75. The lowest BCUT2D eigenvalue weighted by atomic mass is 10.3. The van der Waals surface area contributed by atoms with Gasteiger partial charge in [-0.3, -0.25) is 9.59 Å². The van der Waals surface area contributed by atoms with E-state index in [-0.39, 0.29) is 23.0 Å². The fourth-order valence-electron chi connectivity index (χ4n) is 2.09. The Morgan fingerprint density at radius 2 is 2.12 bits per heavy atom. The average Bonchev–Trinajstić information content (AvgIpc) is 3.01. The van der Waals surface area contributed by atoms with Gasteiger partial charge in [0.25, 0.3) is 5.56 Å². The molecule has 3 aromatic rings. The van der Waals surface area contributed by atoms with Crippen molar-refractivity contribution in [3.8, 4) is 0 Å². The highest BCUT2D eigenvalue weighted by atomic mass is 32.2. The zero-order valence-electron chi connectivity index (χ0n) is 13.4. The second-order valence-corrected chi connectivity index (χ2v) is 7.20. The first kappa shape index (κ1) is 17.6. The number of aryl methyl sites for hydroxylation is 1. The van der Waals surface area contributed by atoms with Gasteiger partial charge in [0.1, 0.15) is 10.8 Å². The predicted molar refractivity (Wildman–Crippen MR) is 97.7 cm³/mol. The van der Waals surface area contributed by atoms with Gasteiger partial charge in [0.15, 0.2) is 0 Å². The Morgan fingerprint density at radius 3 is 2.84 bits per heavy atom. The number of carbonyl (C=O) groups excluding carboxylic acids is 1. The van der Waals surface area contributed by atoms with E-state index in [9.17, 15) is 14.0 Å². The van der Waals surface area contributed by atoms with Crippen molar-refractivity contribution in [2.75, 3.05) is 11.1 Å². The number of nitrogens with zero attached hydrogens (tertiary/aromatic N) is 3. The first-order valence-corrected chi connectivity index (χ1v) is 9.54. The molecule has 0 bridgehead atoms. The van der Waals surface area contributed by atoms with Crippen molar-refractivity contribution >= 4 is 39.7 Å². The number of amides is 1. The Balaban J connectivity index is 1.58. The molecule has 2 aromatic heterocycles. The molecule has 0 atom stereocenters. The van der Waals surface area contributed by atoms with Crippen molar-refractivity contribution in [2.45, 2.75) is 19.1 Å². The molecule has 0 aliphatic heterocycles. The van der Waals surface area contributed by atoms with Gasteiger partial charge >= 0.3 is 0 Å². The lowest BCUT2D eigenvalue weighted by Gasteiger charge is -2.05. The lowest BCUT2D eigenvalue weighted by molar-refractivity contribution is -0.113. The Kier molecular flexibility index (Phi) is 5.44. The molecule has 25 heavy (non-hydrogen) atoms. The molecule has 0 spiro atoms. The zero-order chi connectivity index (χ0) is 17.8. The van der Waals surface area contributed by atoms with E-state index in [1.165, 1.54) is 57.9 Å². The third-order valence-electron chi connectivity index (χ3n) is 3.25. The number of rotatable bonds is 6. The van der Waals surface area contributed by atoms with E-state index in [2.05, 4.69) is 15.4 Å². The van der Waals surface area contributed by atoms with Gasteiger partial charge in [-0.25, -0.2) is 9.37 Å². The van der Waals surface area contributed by atoms with E-state index in [0.29, 0.717) is 22.1 Å². The summed E-state index contributed by atoms with van der Waals surface area (Å²) in [6.45, 7) is 1.97. The largest absolute Gasteiger partial charge is 0.325 e. The maximum Gasteiger partial charge on any atom is 0.275 e. The van der Waals surface area contributed by atoms with Crippen LogP contribution >= 0.6 is 23.1 Å². The number of hydrogen-bond acceptors (Lipinski definition) is 6. The molecule has 0 radical (unpaired) electrons. The molecule has 0 unspecified atom stereocenters. The van der Waals surface area contributed by atoms with Crippen LogP contribution in [0.1, 0.15) is 17.6 Å². The second-order valence-electron chi connectivity index (χ2n) is 5.18. The SMILES string of the molecule is CCc1nn2c(=O)cc(CSCC(=O)Nc3ccc(F)cc3)nc2s1. The van der Waals surface area contributed by atoms with E-state index in [1.54, 1.807) is 0 Å². The van der Waals surface area contributed by atoms with Crippen molar-refractivity contribution in [3.63, 3.8) is 0 Å². The van der Waals surface area contributed by atoms with Gasteiger partial charge in [-0.1, -0.05) is 18.3 Å². The molecule has 1 aromatic carbocycles. The van der Waals surface area contributed by atoms with Crippen LogP contribution in [-0.4, -0.2) is 26.3 Å². The molecule has 0 fully saturated rings. The summed E-state index contributed by atoms with van der Waals surface area (Å²) < 4.78 is 14.1. The monoisotopic (exact) mass is 378 g/mol. The van der Waals surface area contributed by atoms with Crippen LogP contribution in [-0.2, 0) is 17.0 Å². The number of hydrogen-bond donors (Lipinski definition) is 1. The Labute approximate surface area is 151 Å². The smallest absolute Gasteiger partial charge is 0.275 e. The van der Waals surface area contributed by atoms with Gasteiger partial charge in [-0.2, -0.15) is 9.61 Å². The molecule has 2 heterocycles. The van der Waals surface area contributed by atoms with Crippen molar-refractivity contribution in [3.05, 3.63) is 57.2 Å². The number of nitrogens with one attached hydrogen (secondary N) is 1. The number of aromatic nitrogens is 3. The first-order valence-electron chi connectivity index (χ1n) is 7.57. The van der Waals surface area contributed by atoms with Crippen molar-refractivity contribution < 1.29 is 9.18 Å². The maximum absolute atomic E-state index is 12.8. The van der Waals surface area contributed by atoms with Gasteiger partial charge in [0.05, 0.1) is 11.4 Å². The number of halogens is 1. The molecule has 0 aliphatic carbocycles. The fraction of sp³-hybridized carbons (Fsp3) is 0.250. The van der Waals surface area contributed by atoms with Crippen LogP contribution in [0.3, 0.4) is 0 Å². The number of benzene rings is 1. The van der Waals surface area contributed by atoms with Gasteiger partial charge < -0.3 is 5.32 Å². The summed E-state index contributed by atoms with van der Waals surface area (Å²) in [5.74, 6) is 0.110. The van der Waals surface area contributed by atoms with Gasteiger partial charge in [0, 0.05) is 17.5 Å². The van der Waals surface area contributed by atoms with Gasteiger partial charge in [-0.05, 0) is 30.7 Å². The quantitative estimate of drug-likeness (QED) is 0.714. The zero-order valence-corrected chi connectivity index (χ0v) is 15.0. The summed E-state index contributed by atoms with van der Waals surface area (Å²) in [4.78, 5) is 28.9. The van der Waals surface area contributed by atoms with Crippen LogP contribution in [0.2, 0.25) is 0 Å². The van der Waals surface area contributed by atoms with Crippen molar-refractivity contribution in [1.29, 1.82) is 0 Å². The number of fused-ring (bicyclic) bond motifs is 1. The maximum atomic E-state index is 12.8. The molecule has 6 nitrogen and oxygen atoms in total. The van der Waals surface area contributed by atoms with E-state index in [0.717, 1.165) is 11.4 Å². The minimum atomic E-state index is -0.352. The van der Waals surface area contributed by atoms with Crippen LogP contribution in [0.15, 0.2) is 35.1 Å². The molecular weight excluding hydrogens is 363 g/mol. The minimum Gasteiger partial charge on any atom is -0.325 e. The fourth-order valence-corrected chi connectivity index (χ4v) is 3.67. The first-order chi connectivity index (χ1) is 12.0. The number of anilines is 1. The van der Waals surface area contributed by atoms with E-state index >= 15 is 0 Å². The van der Waals surface area contributed by atoms with Crippen LogP contribution in [0.4, 0.5) is 10.1 Å². The summed E-state index contributed by atoms with van der Waals surface area (Å²) in [7, 11) is 0. The molecular formula is C16H15FN4O2S2. The molecule has 1 N–H and O–H groups in total. The standard InChI is InChI=1S/C16H15FN4O2S2/c1-2-14-20-21-15(23)7-12(19-16(21)25-14)8-24-9-13(22)18-11-5-3-10(17)4-6-11/h3-7H,2,8-9H2,1H3,(H,18,22). The molecule has 0 saturated carbocycles. The molecule has 9 heteroatoms. The predicted octanol–water partition coefficient (Wildman–Crippen LogP) is 2.72. The molecule has 0 saturated heterocycles. The summed E-state index contributed by atoms with van der Waals surface area (Å²) >= 11 is 2.74. The third-order valence-corrected chi connectivity index (χ3v) is 5.27. The number of carbonyl (C=O) groups is 1. The lowest BCUT2D eigenvalue weighted by Crippen LogP contribution is -2.16. The van der Waals surface area contributed by atoms with E-state index in [1.807, 2.05) is 6.92 Å². The summed E-state index contributed by atoms with van der Waals surface area (Å²) in [6.07, 6.45) is 0.751. The van der Waals surface area contributed by atoms with Gasteiger partial charge in [0.2, 0.25) is 10.9 Å². The molecule has 3 rings (SSSR count). The highest BCUT2D eigenvalue weighted by molar-refractivity contribution is 7.99. The molecule has 130 valence electrons. The van der Waals surface area contributed by atoms with Crippen molar-refractivity contribution in [2.24, 2.45) is 0 Å². The Morgan fingerprint density at radius 1 is 1.36 bits per heavy atom. The Bertz CT molecular complexity index is 953. The Hall–Kier alpha value is -2.26. The van der Waals surface area contributed by atoms with Crippen molar-refractivity contribution in [1.82, 2.24) is 14.6 Å².